The topological polar surface area (TPSA) is 73.3 Å². The Morgan fingerprint density at radius 2 is 2.21 bits per heavy atom. The Morgan fingerprint density at radius 3 is 2.95 bits per heavy atom. The van der Waals surface area contributed by atoms with E-state index in [9.17, 15) is 9.59 Å². The molecule has 2 heterocycles. The Hall–Kier alpha value is -1.66. The molecule has 1 aromatic rings. The quantitative estimate of drug-likeness (QED) is 0.629. The van der Waals surface area contributed by atoms with E-state index in [2.05, 4.69) is 4.98 Å². The van der Waals surface area contributed by atoms with Gasteiger partial charge < -0.3 is 9.47 Å². The maximum atomic E-state index is 11.7. The van der Waals surface area contributed by atoms with Gasteiger partial charge in [0, 0.05) is 18.4 Å². The molecule has 0 saturated heterocycles. The van der Waals surface area contributed by atoms with Crippen molar-refractivity contribution in [2.45, 2.75) is 32.6 Å². The third kappa shape index (κ3) is 3.21. The van der Waals surface area contributed by atoms with Gasteiger partial charge in [-0.3, -0.25) is 14.3 Å². The summed E-state index contributed by atoms with van der Waals surface area (Å²) in [5, 5.41) is 0. The maximum absolute atomic E-state index is 11.7. The van der Waals surface area contributed by atoms with Crippen LogP contribution in [0.4, 0.5) is 0 Å². The van der Waals surface area contributed by atoms with Gasteiger partial charge in [0.2, 0.25) is 0 Å². The fraction of sp³-hybridized carbons (Fsp3) is 0.538. The van der Waals surface area contributed by atoms with Gasteiger partial charge in [-0.2, -0.15) is 0 Å². The number of rotatable bonds is 5. The smallest absolute Gasteiger partial charge is 0.330 e. The molecule has 0 unspecified atom stereocenters. The van der Waals surface area contributed by atoms with Crippen molar-refractivity contribution in [3.63, 3.8) is 0 Å². The van der Waals surface area contributed by atoms with Crippen molar-refractivity contribution in [3.8, 4) is 0 Å². The number of nitrogens with zero attached hydrogens (tertiary/aromatic N) is 1. The van der Waals surface area contributed by atoms with Crippen LogP contribution < -0.4 is 11.2 Å². The number of hydrogen-bond donors (Lipinski definition) is 1. The summed E-state index contributed by atoms with van der Waals surface area (Å²) in [6.45, 7) is 4.85. The van der Waals surface area contributed by atoms with Gasteiger partial charge in [0.25, 0.3) is 5.56 Å². The van der Waals surface area contributed by atoms with Gasteiger partial charge in [0.1, 0.15) is 6.10 Å². The summed E-state index contributed by atoms with van der Waals surface area (Å²) in [6.07, 6.45) is 5.48. The molecule has 0 aromatic carbocycles. The normalized spacial score (nSPS) is 22.0. The summed E-state index contributed by atoms with van der Waals surface area (Å²) < 4.78 is 12.4. The summed E-state index contributed by atoms with van der Waals surface area (Å²) in [6, 6.07) is 0. The molecule has 0 fully saturated rings. The summed E-state index contributed by atoms with van der Waals surface area (Å²) in [7, 11) is 0. The fourth-order valence-corrected chi connectivity index (χ4v) is 1.86. The van der Waals surface area contributed by atoms with E-state index >= 15 is 0 Å². The van der Waals surface area contributed by atoms with Crippen LogP contribution in [0, 0.1) is 6.92 Å². The number of nitrogens with one attached hydrogen (secondary N) is 1. The first-order valence-electron chi connectivity index (χ1n) is 6.35. The van der Waals surface area contributed by atoms with Crippen molar-refractivity contribution in [3.05, 3.63) is 44.8 Å². The highest BCUT2D eigenvalue weighted by Crippen LogP contribution is 2.19. The molecule has 1 N–H and O–H groups in total. The lowest BCUT2D eigenvalue weighted by Crippen LogP contribution is -2.33. The zero-order chi connectivity index (χ0) is 13.8. The minimum Gasteiger partial charge on any atom is -0.378 e. The number of H-pyrrole nitrogens is 1. The molecule has 1 aliphatic rings. The summed E-state index contributed by atoms with van der Waals surface area (Å²) >= 11 is 0. The monoisotopic (exact) mass is 266 g/mol. The van der Waals surface area contributed by atoms with Crippen molar-refractivity contribution in [1.82, 2.24) is 9.55 Å². The molecule has 2 atom stereocenters. The van der Waals surface area contributed by atoms with Crippen molar-refractivity contribution in [1.29, 1.82) is 0 Å². The van der Waals surface area contributed by atoms with E-state index in [1.165, 1.54) is 10.8 Å². The van der Waals surface area contributed by atoms with Crippen LogP contribution in [0.1, 0.15) is 25.1 Å². The van der Waals surface area contributed by atoms with E-state index in [1.807, 2.05) is 13.0 Å². The van der Waals surface area contributed by atoms with E-state index < -0.39 is 11.9 Å². The molecule has 1 aromatic heterocycles. The van der Waals surface area contributed by atoms with Crippen LogP contribution >= 0.6 is 0 Å². The number of aromatic nitrogens is 2. The lowest BCUT2D eigenvalue weighted by atomic mass is 10.3. The van der Waals surface area contributed by atoms with E-state index in [0.717, 1.165) is 6.42 Å². The second kappa shape index (κ2) is 5.99. The highest BCUT2D eigenvalue weighted by Gasteiger charge is 2.21. The van der Waals surface area contributed by atoms with Gasteiger partial charge >= 0.3 is 5.69 Å². The van der Waals surface area contributed by atoms with E-state index in [-0.39, 0.29) is 11.7 Å². The molecular weight excluding hydrogens is 248 g/mol. The largest absolute Gasteiger partial charge is 0.378 e. The summed E-state index contributed by atoms with van der Waals surface area (Å²) in [5.41, 5.74) is -0.367. The zero-order valence-corrected chi connectivity index (χ0v) is 11.1. The third-order valence-electron chi connectivity index (χ3n) is 2.86. The molecule has 104 valence electrons. The van der Waals surface area contributed by atoms with Crippen LogP contribution in [0.15, 0.2) is 27.9 Å². The van der Waals surface area contributed by atoms with Gasteiger partial charge in [-0.05, 0) is 19.4 Å². The van der Waals surface area contributed by atoms with Gasteiger partial charge in [0.05, 0.1) is 6.61 Å². The SMILES string of the molecule is CCCOC[C@@H]1C=C[C@H](n2cc(C)c(=O)[nH]c2=O)O1. The predicted octanol–water partition coefficient (Wildman–Crippen LogP) is 0.725. The van der Waals surface area contributed by atoms with Gasteiger partial charge in [0.15, 0.2) is 6.23 Å². The van der Waals surface area contributed by atoms with Crippen molar-refractivity contribution in [2.75, 3.05) is 13.2 Å². The highest BCUT2D eigenvalue weighted by molar-refractivity contribution is 5.06. The lowest BCUT2D eigenvalue weighted by Gasteiger charge is -2.16. The Kier molecular flexibility index (Phi) is 4.34. The van der Waals surface area contributed by atoms with E-state index in [1.54, 1.807) is 13.0 Å². The summed E-state index contributed by atoms with van der Waals surface area (Å²) in [4.78, 5) is 25.3. The highest BCUT2D eigenvalue weighted by atomic mass is 16.5. The molecule has 19 heavy (non-hydrogen) atoms. The first-order chi connectivity index (χ1) is 9.11. The first-order valence-corrected chi connectivity index (χ1v) is 6.35. The summed E-state index contributed by atoms with van der Waals surface area (Å²) in [5.74, 6) is 0. The minimum atomic E-state index is -0.488. The van der Waals surface area contributed by atoms with Crippen molar-refractivity contribution < 1.29 is 9.47 Å². The standard InChI is InChI=1S/C13H18N2O4/c1-3-6-18-8-10-4-5-11(19-10)15-7-9(2)12(16)14-13(15)17/h4-5,7,10-11H,3,6,8H2,1-2H3,(H,14,16,17)/t10-,11+/m0/s1. The lowest BCUT2D eigenvalue weighted by molar-refractivity contribution is -0.0304. The minimum absolute atomic E-state index is 0.157. The molecule has 0 bridgehead atoms. The predicted molar refractivity (Wildman–Crippen MR) is 70.2 cm³/mol. The van der Waals surface area contributed by atoms with Crippen LogP contribution in [-0.2, 0) is 9.47 Å². The second-order valence-electron chi connectivity index (χ2n) is 4.50. The third-order valence-corrected chi connectivity index (χ3v) is 2.86. The van der Waals surface area contributed by atoms with E-state index in [0.29, 0.717) is 18.8 Å². The maximum Gasteiger partial charge on any atom is 0.330 e. The Bertz CT molecular complexity index is 573. The van der Waals surface area contributed by atoms with Crippen LogP contribution in [-0.4, -0.2) is 28.9 Å². The molecule has 0 aliphatic carbocycles. The van der Waals surface area contributed by atoms with Crippen molar-refractivity contribution in [2.24, 2.45) is 0 Å². The molecule has 6 heteroatoms. The molecule has 0 saturated carbocycles. The molecule has 2 rings (SSSR count). The van der Waals surface area contributed by atoms with Gasteiger partial charge in [-0.25, -0.2) is 4.79 Å². The molecule has 0 radical (unpaired) electrons. The number of aromatic amines is 1. The fourth-order valence-electron chi connectivity index (χ4n) is 1.86. The van der Waals surface area contributed by atoms with Crippen LogP contribution in [0.2, 0.25) is 0 Å². The number of hydrogen-bond acceptors (Lipinski definition) is 4. The number of aryl methyl sites for hydroxylation is 1. The van der Waals surface area contributed by atoms with Gasteiger partial charge in [-0.15, -0.1) is 0 Å². The van der Waals surface area contributed by atoms with Crippen LogP contribution in [0.3, 0.4) is 0 Å². The zero-order valence-electron chi connectivity index (χ0n) is 11.1. The molecule has 6 nitrogen and oxygen atoms in total. The molecule has 1 aliphatic heterocycles. The van der Waals surface area contributed by atoms with Crippen molar-refractivity contribution >= 4 is 0 Å². The first kappa shape index (κ1) is 13.8. The van der Waals surface area contributed by atoms with Gasteiger partial charge in [-0.1, -0.05) is 13.0 Å². The molecule has 0 spiro atoms. The number of ether oxygens (including phenoxy) is 2. The van der Waals surface area contributed by atoms with Crippen LogP contribution in [0.5, 0.6) is 0 Å². The second-order valence-corrected chi connectivity index (χ2v) is 4.50. The Balaban J connectivity index is 2.06. The average Bonchev–Trinajstić information content (AvgIpc) is 2.83. The average molecular weight is 266 g/mol. The van der Waals surface area contributed by atoms with E-state index in [4.69, 9.17) is 9.47 Å². The molecule has 0 amide bonds. The van der Waals surface area contributed by atoms with Crippen LogP contribution in [0.25, 0.3) is 0 Å². The molecular formula is C13H18N2O4. The Morgan fingerprint density at radius 1 is 1.42 bits per heavy atom. The Labute approximate surface area is 110 Å².